The lowest BCUT2D eigenvalue weighted by Crippen LogP contribution is -2.22. The zero-order chi connectivity index (χ0) is 12.0. The minimum atomic E-state index is 0.620. The summed E-state index contributed by atoms with van der Waals surface area (Å²) in [6.07, 6.45) is 1.96. The molecular weight excluding hydrogens is 200 g/mol. The summed E-state index contributed by atoms with van der Waals surface area (Å²) in [5, 5.41) is 8.44. The molecule has 0 spiro atoms. The molecule has 90 valence electrons. The van der Waals surface area contributed by atoms with E-state index >= 15 is 0 Å². The maximum Gasteiger partial charge on any atom is 0.150 e. The van der Waals surface area contributed by atoms with Crippen LogP contribution in [0, 0.1) is 5.92 Å². The van der Waals surface area contributed by atoms with E-state index in [-0.39, 0.29) is 0 Å². The van der Waals surface area contributed by atoms with Crippen molar-refractivity contribution in [3.05, 3.63) is 17.8 Å². The molecule has 2 N–H and O–H groups in total. The molecule has 0 aromatic carbocycles. The zero-order valence-electron chi connectivity index (χ0n) is 10.5. The van der Waals surface area contributed by atoms with E-state index in [0.29, 0.717) is 12.5 Å². The topological polar surface area (TPSA) is 55.0 Å². The van der Waals surface area contributed by atoms with Gasteiger partial charge in [0.05, 0.1) is 5.69 Å². The first-order chi connectivity index (χ1) is 7.63. The summed E-state index contributed by atoms with van der Waals surface area (Å²) in [6.45, 7) is 6.00. The molecule has 4 heteroatoms. The molecule has 0 aliphatic carbocycles. The summed E-state index contributed by atoms with van der Waals surface area (Å²) >= 11 is 0. The third-order valence-corrected chi connectivity index (χ3v) is 2.41. The van der Waals surface area contributed by atoms with Crippen molar-refractivity contribution < 1.29 is 0 Å². The molecule has 0 amide bonds. The summed E-state index contributed by atoms with van der Waals surface area (Å²) in [7, 11) is 2.02. The van der Waals surface area contributed by atoms with E-state index in [1.165, 1.54) is 0 Å². The summed E-state index contributed by atoms with van der Waals surface area (Å²) in [6, 6.07) is 4.09. The van der Waals surface area contributed by atoms with E-state index in [1.54, 1.807) is 0 Å². The van der Waals surface area contributed by atoms with E-state index in [2.05, 4.69) is 35.0 Å². The smallest absolute Gasteiger partial charge is 0.150 e. The van der Waals surface area contributed by atoms with Crippen LogP contribution in [0.2, 0.25) is 0 Å². The van der Waals surface area contributed by atoms with Crippen LogP contribution >= 0.6 is 0 Å². The fourth-order valence-corrected chi connectivity index (χ4v) is 1.53. The van der Waals surface area contributed by atoms with Gasteiger partial charge in [-0.25, -0.2) is 0 Å². The monoisotopic (exact) mass is 222 g/mol. The fraction of sp³-hybridized carbons (Fsp3) is 0.667. The number of anilines is 1. The minimum Gasteiger partial charge on any atom is -0.358 e. The average Bonchev–Trinajstić information content (AvgIpc) is 2.26. The third kappa shape index (κ3) is 4.14. The highest BCUT2D eigenvalue weighted by Crippen LogP contribution is 2.10. The quantitative estimate of drug-likeness (QED) is 0.791. The number of nitrogens with zero attached hydrogens (tertiary/aromatic N) is 3. The molecule has 1 heterocycles. The van der Waals surface area contributed by atoms with Crippen LogP contribution in [-0.4, -0.2) is 30.3 Å². The Bertz CT molecular complexity index is 294. The second kappa shape index (κ2) is 6.43. The largest absolute Gasteiger partial charge is 0.358 e. The highest BCUT2D eigenvalue weighted by Gasteiger charge is 2.04. The van der Waals surface area contributed by atoms with E-state index < -0.39 is 0 Å². The van der Waals surface area contributed by atoms with Gasteiger partial charge in [-0.2, -0.15) is 5.10 Å². The van der Waals surface area contributed by atoms with Gasteiger partial charge in [0.25, 0.3) is 0 Å². The lowest BCUT2D eigenvalue weighted by molar-refractivity contribution is 0.627. The molecule has 0 saturated carbocycles. The summed E-state index contributed by atoms with van der Waals surface area (Å²) in [5.41, 5.74) is 6.53. The molecule has 4 nitrogen and oxygen atoms in total. The van der Waals surface area contributed by atoms with Crippen molar-refractivity contribution in [3.8, 4) is 0 Å². The Hall–Kier alpha value is -1.16. The van der Waals surface area contributed by atoms with Gasteiger partial charge in [0.2, 0.25) is 0 Å². The second-order valence-corrected chi connectivity index (χ2v) is 4.54. The van der Waals surface area contributed by atoms with Gasteiger partial charge in [0, 0.05) is 13.6 Å². The van der Waals surface area contributed by atoms with Crippen LogP contribution < -0.4 is 10.6 Å². The molecule has 0 bridgehead atoms. The van der Waals surface area contributed by atoms with Gasteiger partial charge in [-0.1, -0.05) is 13.8 Å². The van der Waals surface area contributed by atoms with Crippen molar-refractivity contribution in [2.75, 3.05) is 25.0 Å². The Morgan fingerprint density at radius 2 is 2.06 bits per heavy atom. The molecule has 0 radical (unpaired) electrons. The van der Waals surface area contributed by atoms with Crippen molar-refractivity contribution in [2.24, 2.45) is 11.7 Å². The zero-order valence-corrected chi connectivity index (χ0v) is 10.5. The lowest BCUT2D eigenvalue weighted by Gasteiger charge is -2.17. The van der Waals surface area contributed by atoms with Crippen LogP contribution in [-0.2, 0) is 6.42 Å². The lowest BCUT2D eigenvalue weighted by atomic mass is 10.1. The van der Waals surface area contributed by atoms with Crippen LogP contribution in [0.1, 0.15) is 26.0 Å². The molecule has 0 unspecified atom stereocenters. The Morgan fingerprint density at radius 1 is 1.31 bits per heavy atom. The Morgan fingerprint density at radius 3 is 2.56 bits per heavy atom. The second-order valence-electron chi connectivity index (χ2n) is 4.54. The van der Waals surface area contributed by atoms with E-state index in [4.69, 9.17) is 5.73 Å². The van der Waals surface area contributed by atoms with E-state index in [9.17, 15) is 0 Å². The number of nitrogens with two attached hydrogens (primary N) is 1. The Labute approximate surface area is 97.9 Å². The maximum atomic E-state index is 5.47. The minimum absolute atomic E-state index is 0.620. The predicted octanol–water partition coefficient (Wildman–Crippen LogP) is 1.46. The van der Waals surface area contributed by atoms with E-state index in [1.807, 2.05) is 13.1 Å². The number of hydrogen-bond donors (Lipinski definition) is 1. The molecule has 1 rings (SSSR count). The molecule has 0 saturated heterocycles. The molecule has 1 aromatic rings. The van der Waals surface area contributed by atoms with Gasteiger partial charge in [0.15, 0.2) is 5.82 Å². The number of aromatic nitrogens is 2. The highest BCUT2D eigenvalue weighted by atomic mass is 15.2. The fourth-order valence-electron chi connectivity index (χ4n) is 1.53. The van der Waals surface area contributed by atoms with Crippen molar-refractivity contribution >= 4 is 5.82 Å². The van der Waals surface area contributed by atoms with Crippen LogP contribution in [0.3, 0.4) is 0 Å². The van der Waals surface area contributed by atoms with Crippen molar-refractivity contribution in [1.29, 1.82) is 0 Å². The predicted molar refractivity (Wildman–Crippen MR) is 67.5 cm³/mol. The Kier molecular flexibility index (Phi) is 5.19. The van der Waals surface area contributed by atoms with Crippen LogP contribution in [0.25, 0.3) is 0 Å². The molecule has 0 fully saturated rings. The number of hydrogen-bond acceptors (Lipinski definition) is 4. The van der Waals surface area contributed by atoms with Crippen molar-refractivity contribution in [2.45, 2.75) is 26.7 Å². The molecule has 0 atom stereocenters. The maximum absolute atomic E-state index is 5.47. The van der Waals surface area contributed by atoms with Gasteiger partial charge in [0.1, 0.15) is 0 Å². The molecule has 16 heavy (non-hydrogen) atoms. The molecule has 0 aliphatic heterocycles. The molecule has 1 aromatic heterocycles. The highest BCUT2D eigenvalue weighted by molar-refractivity contribution is 5.35. The first-order valence-electron chi connectivity index (χ1n) is 5.87. The average molecular weight is 222 g/mol. The van der Waals surface area contributed by atoms with Gasteiger partial charge in [-0.05, 0) is 37.4 Å². The SMILES string of the molecule is CC(C)Cc1ccc(N(C)CCCN)nn1. The third-order valence-electron chi connectivity index (χ3n) is 2.41. The summed E-state index contributed by atoms with van der Waals surface area (Å²) in [4.78, 5) is 2.08. The van der Waals surface area contributed by atoms with Crippen molar-refractivity contribution in [1.82, 2.24) is 10.2 Å². The van der Waals surface area contributed by atoms with Gasteiger partial charge in [-0.15, -0.1) is 5.10 Å². The van der Waals surface area contributed by atoms with Gasteiger partial charge < -0.3 is 10.6 Å². The molecular formula is C12H22N4. The Balaban J connectivity index is 2.56. The van der Waals surface area contributed by atoms with E-state index in [0.717, 1.165) is 30.9 Å². The first-order valence-corrected chi connectivity index (χ1v) is 5.87. The summed E-state index contributed by atoms with van der Waals surface area (Å²) in [5.74, 6) is 1.54. The van der Waals surface area contributed by atoms with Gasteiger partial charge in [-0.3, -0.25) is 0 Å². The summed E-state index contributed by atoms with van der Waals surface area (Å²) < 4.78 is 0. The van der Waals surface area contributed by atoms with Crippen LogP contribution in [0.5, 0.6) is 0 Å². The molecule has 0 aliphatic rings. The van der Waals surface area contributed by atoms with Crippen LogP contribution in [0.15, 0.2) is 12.1 Å². The first kappa shape index (κ1) is 12.9. The van der Waals surface area contributed by atoms with Crippen molar-refractivity contribution in [3.63, 3.8) is 0 Å². The van der Waals surface area contributed by atoms with Gasteiger partial charge >= 0.3 is 0 Å². The standard InChI is InChI=1S/C12H22N4/c1-10(2)9-11-5-6-12(15-14-11)16(3)8-4-7-13/h5-6,10H,4,7-9,13H2,1-3H3. The van der Waals surface area contributed by atoms with Crippen LogP contribution in [0.4, 0.5) is 5.82 Å². The normalized spacial score (nSPS) is 10.8. The number of rotatable bonds is 6.